The molecule has 0 aromatic rings. The topological polar surface area (TPSA) is 69.6 Å². The summed E-state index contributed by atoms with van der Waals surface area (Å²) in [5.41, 5.74) is -0.336. The molecule has 2 amide bonds. The smallest absolute Gasteiger partial charge is 0.227 e. The Bertz CT molecular complexity index is 315. The predicted octanol–water partition coefficient (Wildman–Crippen LogP) is 0.912. The van der Waals surface area contributed by atoms with E-state index < -0.39 is 0 Å². The SMILES string of the molecule is CC(C)(C)C(=O)N1CCC(NC(=O)CCCO)CC1. The van der Waals surface area contributed by atoms with Crippen molar-refractivity contribution < 1.29 is 14.7 Å². The monoisotopic (exact) mass is 270 g/mol. The molecule has 0 aromatic heterocycles. The van der Waals surface area contributed by atoms with Gasteiger partial charge in [0.1, 0.15) is 0 Å². The number of hydrogen-bond donors (Lipinski definition) is 2. The third-order valence-electron chi connectivity index (χ3n) is 3.35. The molecule has 0 aromatic carbocycles. The van der Waals surface area contributed by atoms with Crippen LogP contribution in [0, 0.1) is 5.41 Å². The highest BCUT2D eigenvalue weighted by Gasteiger charge is 2.30. The summed E-state index contributed by atoms with van der Waals surface area (Å²) >= 11 is 0. The Morgan fingerprint density at radius 1 is 1.26 bits per heavy atom. The van der Waals surface area contributed by atoms with Crippen LogP contribution in [0.1, 0.15) is 46.5 Å². The lowest BCUT2D eigenvalue weighted by molar-refractivity contribution is -0.140. The van der Waals surface area contributed by atoms with Crippen LogP contribution in [0.15, 0.2) is 0 Å². The van der Waals surface area contributed by atoms with Gasteiger partial charge in [-0.05, 0) is 19.3 Å². The molecule has 1 aliphatic rings. The van der Waals surface area contributed by atoms with Crippen molar-refractivity contribution in [3.63, 3.8) is 0 Å². The fourth-order valence-corrected chi connectivity index (χ4v) is 2.24. The first-order valence-electron chi connectivity index (χ1n) is 7.04. The first-order valence-corrected chi connectivity index (χ1v) is 7.04. The van der Waals surface area contributed by atoms with Gasteiger partial charge >= 0.3 is 0 Å². The van der Waals surface area contributed by atoms with E-state index in [2.05, 4.69) is 5.32 Å². The van der Waals surface area contributed by atoms with Crippen LogP contribution in [0.3, 0.4) is 0 Å². The number of hydrogen-bond acceptors (Lipinski definition) is 3. The minimum atomic E-state index is -0.336. The Kier molecular flexibility index (Phi) is 5.79. The summed E-state index contributed by atoms with van der Waals surface area (Å²) in [6, 6.07) is 0.162. The number of aliphatic hydroxyl groups excluding tert-OH is 1. The summed E-state index contributed by atoms with van der Waals surface area (Å²) in [5.74, 6) is 0.173. The molecule has 1 saturated heterocycles. The number of amides is 2. The minimum Gasteiger partial charge on any atom is -0.396 e. The molecule has 0 saturated carbocycles. The van der Waals surface area contributed by atoms with E-state index in [9.17, 15) is 9.59 Å². The van der Waals surface area contributed by atoms with Crippen molar-refractivity contribution in [1.82, 2.24) is 10.2 Å². The number of nitrogens with zero attached hydrogens (tertiary/aromatic N) is 1. The van der Waals surface area contributed by atoms with E-state index in [1.165, 1.54) is 0 Å². The van der Waals surface area contributed by atoms with Gasteiger partial charge in [0.2, 0.25) is 11.8 Å². The molecule has 1 aliphatic heterocycles. The molecule has 0 aliphatic carbocycles. The van der Waals surface area contributed by atoms with Gasteiger partial charge in [0.15, 0.2) is 0 Å². The third-order valence-corrected chi connectivity index (χ3v) is 3.35. The highest BCUT2D eigenvalue weighted by atomic mass is 16.3. The van der Waals surface area contributed by atoms with Crippen molar-refractivity contribution in [3.8, 4) is 0 Å². The van der Waals surface area contributed by atoms with E-state index in [0.717, 1.165) is 12.8 Å². The second kappa shape index (κ2) is 6.89. The van der Waals surface area contributed by atoms with Crippen molar-refractivity contribution in [3.05, 3.63) is 0 Å². The molecule has 19 heavy (non-hydrogen) atoms. The van der Waals surface area contributed by atoms with Crippen molar-refractivity contribution in [2.45, 2.75) is 52.5 Å². The Hall–Kier alpha value is -1.10. The first kappa shape index (κ1) is 16.0. The second-order valence-corrected chi connectivity index (χ2v) is 6.21. The number of likely N-dealkylation sites (tertiary alicyclic amines) is 1. The average Bonchev–Trinajstić information content (AvgIpc) is 2.35. The molecule has 5 nitrogen and oxygen atoms in total. The van der Waals surface area contributed by atoms with Gasteiger partial charge in [0.25, 0.3) is 0 Å². The summed E-state index contributed by atoms with van der Waals surface area (Å²) in [4.78, 5) is 25.5. The molecule has 110 valence electrons. The second-order valence-electron chi connectivity index (χ2n) is 6.21. The van der Waals surface area contributed by atoms with Crippen LogP contribution in [-0.2, 0) is 9.59 Å². The van der Waals surface area contributed by atoms with Gasteiger partial charge in [-0.3, -0.25) is 9.59 Å². The lowest BCUT2D eigenvalue weighted by atomic mass is 9.93. The summed E-state index contributed by atoms with van der Waals surface area (Å²) in [5, 5.41) is 11.6. The van der Waals surface area contributed by atoms with Crippen LogP contribution >= 0.6 is 0 Å². The molecule has 0 unspecified atom stereocenters. The molecule has 0 spiro atoms. The molecule has 0 atom stereocenters. The summed E-state index contributed by atoms with van der Waals surface area (Å²) in [7, 11) is 0. The number of carbonyl (C=O) groups is 2. The molecule has 5 heteroatoms. The zero-order chi connectivity index (χ0) is 14.5. The van der Waals surface area contributed by atoms with Gasteiger partial charge in [0.05, 0.1) is 0 Å². The van der Waals surface area contributed by atoms with Gasteiger partial charge in [-0.2, -0.15) is 0 Å². The predicted molar refractivity (Wildman–Crippen MR) is 73.5 cm³/mol. The molecule has 1 fully saturated rings. The van der Waals surface area contributed by atoms with Gasteiger partial charge in [0, 0.05) is 37.6 Å². The maximum atomic E-state index is 12.1. The van der Waals surface area contributed by atoms with Crippen molar-refractivity contribution in [1.29, 1.82) is 0 Å². The minimum absolute atomic E-state index is 0.00496. The van der Waals surface area contributed by atoms with Crippen molar-refractivity contribution in [2.75, 3.05) is 19.7 Å². The zero-order valence-corrected chi connectivity index (χ0v) is 12.2. The van der Waals surface area contributed by atoms with E-state index in [1.807, 2.05) is 25.7 Å². The fourth-order valence-electron chi connectivity index (χ4n) is 2.24. The number of piperidine rings is 1. The number of carbonyl (C=O) groups excluding carboxylic acids is 2. The standard InChI is InChI=1S/C14H26N2O3/c1-14(2,3)13(19)16-8-6-11(7-9-16)15-12(18)5-4-10-17/h11,17H,4-10H2,1-3H3,(H,15,18). The number of nitrogens with one attached hydrogen (secondary N) is 1. The highest BCUT2D eigenvalue weighted by molar-refractivity contribution is 5.81. The normalized spacial score (nSPS) is 17.4. The first-order chi connectivity index (χ1) is 8.84. The number of aliphatic hydroxyl groups is 1. The zero-order valence-electron chi connectivity index (χ0n) is 12.2. The van der Waals surface area contributed by atoms with Crippen LogP contribution in [0.25, 0.3) is 0 Å². The van der Waals surface area contributed by atoms with E-state index in [-0.39, 0.29) is 29.9 Å². The van der Waals surface area contributed by atoms with Crippen molar-refractivity contribution >= 4 is 11.8 Å². The van der Waals surface area contributed by atoms with E-state index in [4.69, 9.17) is 5.11 Å². The third kappa shape index (κ3) is 5.19. The van der Waals surface area contributed by atoms with Crippen LogP contribution < -0.4 is 5.32 Å². The summed E-state index contributed by atoms with van der Waals surface area (Å²) in [6.07, 6.45) is 2.50. The van der Waals surface area contributed by atoms with E-state index >= 15 is 0 Å². The van der Waals surface area contributed by atoms with Crippen LogP contribution in [0.5, 0.6) is 0 Å². The molecule has 1 heterocycles. The van der Waals surface area contributed by atoms with Crippen molar-refractivity contribution in [2.24, 2.45) is 5.41 Å². The lowest BCUT2D eigenvalue weighted by Crippen LogP contribution is -2.49. The maximum Gasteiger partial charge on any atom is 0.227 e. The molecule has 1 rings (SSSR count). The van der Waals surface area contributed by atoms with Crippen LogP contribution in [0.2, 0.25) is 0 Å². The maximum absolute atomic E-state index is 12.1. The van der Waals surface area contributed by atoms with Crippen LogP contribution in [0.4, 0.5) is 0 Å². The molecular formula is C14H26N2O3. The quantitative estimate of drug-likeness (QED) is 0.798. The van der Waals surface area contributed by atoms with Gasteiger partial charge < -0.3 is 15.3 Å². The molecule has 2 N–H and O–H groups in total. The largest absolute Gasteiger partial charge is 0.396 e. The number of rotatable bonds is 4. The molecular weight excluding hydrogens is 244 g/mol. The Labute approximate surface area is 115 Å². The Morgan fingerprint density at radius 2 is 1.84 bits per heavy atom. The van der Waals surface area contributed by atoms with E-state index in [1.54, 1.807) is 0 Å². The lowest BCUT2D eigenvalue weighted by Gasteiger charge is -2.36. The van der Waals surface area contributed by atoms with Gasteiger partial charge in [-0.1, -0.05) is 20.8 Å². The average molecular weight is 270 g/mol. The molecule has 0 bridgehead atoms. The Balaban J connectivity index is 2.33. The van der Waals surface area contributed by atoms with Gasteiger partial charge in [-0.25, -0.2) is 0 Å². The Morgan fingerprint density at radius 3 is 2.32 bits per heavy atom. The van der Waals surface area contributed by atoms with Gasteiger partial charge in [-0.15, -0.1) is 0 Å². The highest BCUT2D eigenvalue weighted by Crippen LogP contribution is 2.20. The van der Waals surface area contributed by atoms with E-state index in [0.29, 0.717) is 25.9 Å². The summed E-state index contributed by atoms with van der Waals surface area (Å²) < 4.78 is 0. The summed E-state index contributed by atoms with van der Waals surface area (Å²) in [6.45, 7) is 7.25. The fraction of sp³-hybridized carbons (Fsp3) is 0.857. The van der Waals surface area contributed by atoms with Crippen LogP contribution in [-0.4, -0.2) is 47.6 Å². The molecule has 0 radical (unpaired) electrons.